The maximum Gasteiger partial charge on any atom is 0.279 e. The Hall–Kier alpha value is -2.89. The van der Waals surface area contributed by atoms with Crippen molar-refractivity contribution in [3.8, 4) is 16.8 Å². The summed E-state index contributed by atoms with van der Waals surface area (Å²) in [5, 5.41) is 0. The van der Waals surface area contributed by atoms with E-state index < -0.39 is 10.9 Å². The van der Waals surface area contributed by atoms with Gasteiger partial charge in [-0.05, 0) is 32.9 Å². The lowest BCUT2D eigenvalue weighted by atomic mass is 9.98. The van der Waals surface area contributed by atoms with Gasteiger partial charge in [-0.25, -0.2) is 4.68 Å². The predicted octanol–water partition coefficient (Wildman–Crippen LogP) is 1.59. The molecule has 0 aliphatic carbocycles. The second-order valence-corrected chi connectivity index (χ2v) is 5.99. The van der Waals surface area contributed by atoms with Gasteiger partial charge in [0, 0.05) is 25.8 Å². The number of hydrogen-bond acceptors (Lipinski definition) is 4. The first-order valence-electron chi connectivity index (χ1n) is 8.36. The smallest absolute Gasteiger partial charge is 0.279 e. The molecule has 1 heterocycles. The quantitative estimate of drug-likeness (QED) is 0.662. The van der Waals surface area contributed by atoms with Crippen LogP contribution in [-0.4, -0.2) is 22.5 Å². The fraction of sp³-hybridized carbons (Fsp3) is 0.316. The minimum Gasteiger partial charge on any atom is -0.368 e. The molecule has 0 radical (unpaired) electrons. The van der Waals surface area contributed by atoms with Crippen LogP contribution in [0.25, 0.3) is 16.8 Å². The zero-order valence-corrected chi connectivity index (χ0v) is 14.9. The normalized spacial score (nSPS) is 11.2. The van der Waals surface area contributed by atoms with Gasteiger partial charge >= 0.3 is 0 Å². The second-order valence-electron chi connectivity index (χ2n) is 5.99. The zero-order chi connectivity index (χ0) is 18.3. The second kappa shape index (κ2) is 6.20. The lowest BCUT2D eigenvalue weighted by molar-refractivity contribution is 0.630. The van der Waals surface area contributed by atoms with E-state index in [2.05, 4.69) is 0 Å². The van der Waals surface area contributed by atoms with Gasteiger partial charge in [0.25, 0.3) is 5.56 Å². The molecule has 0 amide bonds. The maximum absolute atomic E-state index is 13.1. The van der Waals surface area contributed by atoms with E-state index in [0.717, 1.165) is 0 Å². The van der Waals surface area contributed by atoms with E-state index in [9.17, 15) is 14.4 Å². The Kier molecular flexibility index (Phi) is 4.20. The van der Waals surface area contributed by atoms with Crippen molar-refractivity contribution in [2.24, 2.45) is 7.05 Å². The van der Waals surface area contributed by atoms with Crippen LogP contribution in [0.15, 0.2) is 44.7 Å². The molecule has 3 rings (SSSR count). The first-order chi connectivity index (χ1) is 11.9. The summed E-state index contributed by atoms with van der Waals surface area (Å²) in [5.41, 5.74) is 0.939. The number of benzene rings is 1. The summed E-state index contributed by atoms with van der Waals surface area (Å²) in [5.74, 6) is 0. The SMILES string of the molecule is CCN(CC)c1c(-c2c(C)n(C)n(-c3ccccc3)c2=O)c(=O)c1=O. The third-order valence-corrected chi connectivity index (χ3v) is 4.77. The van der Waals surface area contributed by atoms with Gasteiger partial charge < -0.3 is 4.90 Å². The van der Waals surface area contributed by atoms with Gasteiger partial charge in [-0.1, -0.05) is 18.2 Å². The summed E-state index contributed by atoms with van der Waals surface area (Å²) < 4.78 is 3.24. The molecule has 0 atom stereocenters. The van der Waals surface area contributed by atoms with Crippen molar-refractivity contribution in [1.29, 1.82) is 0 Å². The summed E-state index contributed by atoms with van der Waals surface area (Å²) in [7, 11) is 1.77. The van der Waals surface area contributed by atoms with E-state index in [1.807, 2.05) is 49.1 Å². The third-order valence-electron chi connectivity index (χ3n) is 4.77. The van der Waals surface area contributed by atoms with E-state index >= 15 is 0 Å². The monoisotopic (exact) mass is 339 g/mol. The Labute approximate surface area is 145 Å². The van der Waals surface area contributed by atoms with Crippen LogP contribution in [0, 0.1) is 6.92 Å². The largest absolute Gasteiger partial charge is 0.368 e. The van der Waals surface area contributed by atoms with E-state index in [1.165, 1.54) is 4.68 Å². The summed E-state index contributed by atoms with van der Waals surface area (Å²) in [4.78, 5) is 39.3. The lowest BCUT2D eigenvalue weighted by Crippen LogP contribution is -2.42. The fourth-order valence-corrected chi connectivity index (χ4v) is 3.31. The average molecular weight is 339 g/mol. The van der Waals surface area contributed by atoms with E-state index in [-0.39, 0.29) is 11.1 Å². The Morgan fingerprint density at radius 3 is 2.08 bits per heavy atom. The number of nitrogens with zero attached hydrogens (tertiary/aromatic N) is 3. The summed E-state index contributed by atoms with van der Waals surface area (Å²) in [6, 6.07) is 9.24. The Morgan fingerprint density at radius 1 is 0.920 bits per heavy atom. The number of hydrogen-bond donors (Lipinski definition) is 0. The molecule has 1 aromatic heterocycles. The molecule has 0 saturated carbocycles. The molecule has 0 spiro atoms. The van der Waals surface area contributed by atoms with Crippen LogP contribution >= 0.6 is 0 Å². The van der Waals surface area contributed by atoms with Crippen LogP contribution in [0.3, 0.4) is 0 Å². The molecule has 25 heavy (non-hydrogen) atoms. The van der Waals surface area contributed by atoms with Crippen LogP contribution in [0.1, 0.15) is 19.5 Å². The Balaban J connectivity index is 2.29. The van der Waals surface area contributed by atoms with Crippen LogP contribution in [0.4, 0.5) is 5.69 Å². The zero-order valence-electron chi connectivity index (χ0n) is 14.9. The van der Waals surface area contributed by atoms with Crippen LogP contribution in [0.2, 0.25) is 0 Å². The molecule has 0 fully saturated rings. The number of anilines is 1. The molecule has 0 unspecified atom stereocenters. The summed E-state index contributed by atoms with van der Waals surface area (Å²) >= 11 is 0. The Morgan fingerprint density at radius 2 is 1.52 bits per heavy atom. The van der Waals surface area contributed by atoms with E-state index in [0.29, 0.717) is 35.7 Å². The van der Waals surface area contributed by atoms with Gasteiger partial charge in [0.15, 0.2) is 0 Å². The van der Waals surface area contributed by atoms with Crippen molar-refractivity contribution in [3.63, 3.8) is 0 Å². The summed E-state index contributed by atoms with van der Waals surface area (Å²) in [6.45, 7) is 6.84. The van der Waals surface area contributed by atoms with Crippen molar-refractivity contribution in [1.82, 2.24) is 9.36 Å². The van der Waals surface area contributed by atoms with E-state index in [4.69, 9.17) is 0 Å². The molecule has 0 N–H and O–H groups in total. The van der Waals surface area contributed by atoms with Crippen LogP contribution < -0.4 is 21.3 Å². The molecule has 0 aliphatic rings. The van der Waals surface area contributed by atoms with Crippen molar-refractivity contribution in [2.75, 3.05) is 18.0 Å². The van der Waals surface area contributed by atoms with Crippen molar-refractivity contribution in [2.45, 2.75) is 20.8 Å². The minimum atomic E-state index is -0.576. The summed E-state index contributed by atoms with van der Waals surface area (Å²) in [6.07, 6.45) is 0. The fourth-order valence-electron chi connectivity index (χ4n) is 3.31. The van der Waals surface area contributed by atoms with Gasteiger partial charge in [0.2, 0.25) is 10.9 Å². The number of para-hydroxylation sites is 1. The van der Waals surface area contributed by atoms with Crippen molar-refractivity contribution >= 4 is 5.69 Å². The van der Waals surface area contributed by atoms with Crippen molar-refractivity contribution < 1.29 is 0 Å². The topological polar surface area (TPSA) is 64.3 Å². The van der Waals surface area contributed by atoms with E-state index in [1.54, 1.807) is 18.7 Å². The first kappa shape index (κ1) is 17.0. The highest BCUT2D eigenvalue weighted by Crippen LogP contribution is 2.27. The third kappa shape index (κ3) is 2.36. The molecule has 130 valence electrons. The highest BCUT2D eigenvalue weighted by Gasteiger charge is 2.31. The van der Waals surface area contributed by atoms with Crippen LogP contribution in [-0.2, 0) is 7.05 Å². The lowest BCUT2D eigenvalue weighted by Gasteiger charge is -2.24. The first-order valence-corrected chi connectivity index (χ1v) is 8.36. The molecule has 0 saturated heterocycles. The standard InChI is InChI=1S/C19H21N3O3/c1-5-21(6-2)16-15(17(23)18(16)24)14-12(3)20(4)22(19(14)25)13-10-8-7-9-11-13/h7-11H,5-6H2,1-4H3. The molecule has 3 aromatic rings. The number of aromatic nitrogens is 2. The molecule has 0 aliphatic heterocycles. The van der Waals surface area contributed by atoms with Gasteiger partial charge in [-0.15, -0.1) is 0 Å². The molecular formula is C19H21N3O3. The van der Waals surface area contributed by atoms with Gasteiger partial charge in [0.1, 0.15) is 5.69 Å². The average Bonchev–Trinajstić information content (AvgIpc) is 2.85. The number of rotatable bonds is 5. The van der Waals surface area contributed by atoms with Crippen LogP contribution in [0.5, 0.6) is 0 Å². The van der Waals surface area contributed by atoms with Crippen molar-refractivity contribution in [3.05, 3.63) is 66.8 Å². The predicted molar refractivity (Wildman–Crippen MR) is 99.7 cm³/mol. The van der Waals surface area contributed by atoms with Gasteiger partial charge in [-0.2, -0.15) is 0 Å². The minimum absolute atomic E-state index is 0.251. The molecule has 2 aromatic carbocycles. The maximum atomic E-state index is 13.1. The van der Waals surface area contributed by atoms with Gasteiger partial charge in [-0.3, -0.25) is 19.1 Å². The highest BCUT2D eigenvalue weighted by molar-refractivity contribution is 5.83. The molecule has 0 bridgehead atoms. The highest BCUT2D eigenvalue weighted by atomic mass is 16.2. The molecule has 6 nitrogen and oxygen atoms in total. The molecule has 6 heteroatoms. The molecular weight excluding hydrogens is 318 g/mol. The Bertz CT molecular complexity index is 1050. The van der Waals surface area contributed by atoms with Gasteiger partial charge in [0.05, 0.1) is 16.8 Å².